The van der Waals surface area contributed by atoms with Crippen molar-refractivity contribution in [2.75, 3.05) is 19.7 Å². The number of aliphatic carboxylic acids is 1. The van der Waals surface area contributed by atoms with E-state index in [-0.39, 0.29) is 26.7 Å². The van der Waals surface area contributed by atoms with Crippen molar-refractivity contribution in [3.05, 3.63) is 26.7 Å². The highest BCUT2D eigenvalue weighted by molar-refractivity contribution is 6.48. The first-order valence-electron chi connectivity index (χ1n) is 8.72. The number of benzene rings is 1. The Morgan fingerprint density at radius 1 is 1.19 bits per heavy atom. The van der Waals surface area contributed by atoms with Crippen molar-refractivity contribution in [2.45, 2.75) is 31.2 Å². The molecule has 2 unspecified atom stereocenters. The minimum atomic E-state index is -5.08. The zero-order valence-corrected chi connectivity index (χ0v) is 18.0. The van der Waals surface area contributed by atoms with Crippen LogP contribution in [0.2, 0.25) is 15.1 Å². The smallest absolute Gasteiger partial charge is 0.490 e. The Morgan fingerprint density at radius 2 is 1.68 bits per heavy atom. The number of likely N-dealkylation sites (tertiary alicyclic amines) is 1. The van der Waals surface area contributed by atoms with Crippen LogP contribution >= 0.6 is 34.8 Å². The van der Waals surface area contributed by atoms with E-state index >= 15 is 0 Å². The van der Waals surface area contributed by atoms with Crippen LogP contribution in [-0.4, -0.2) is 69.2 Å². The molecule has 1 aliphatic heterocycles. The largest absolute Gasteiger partial charge is 0.507 e. The number of aliphatic hydroxyl groups is 2. The monoisotopic (exact) mass is 510 g/mol. The molecule has 14 heteroatoms. The number of halogens is 6. The highest BCUT2D eigenvalue weighted by atomic mass is 35.5. The van der Waals surface area contributed by atoms with Gasteiger partial charge in [0.05, 0.1) is 21.7 Å². The number of carbonyl (C=O) groups is 2. The van der Waals surface area contributed by atoms with Gasteiger partial charge in [-0.25, -0.2) is 4.79 Å². The van der Waals surface area contributed by atoms with Crippen LogP contribution < -0.4 is 5.73 Å². The average Bonchev–Trinajstić information content (AvgIpc) is 2.70. The predicted octanol–water partition coefficient (Wildman–Crippen LogP) is 2.58. The summed E-state index contributed by atoms with van der Waals surface area (Å²) in [5.41, 5.74) is 6.60. The van der Waals surface area contributed by atoms with Gasteiger partial charge >= 0.3 is 12.1 Å². The van der Waals surface area contributed by atoms with Crippen molar-refractivity contribution in [1.82, 2.24) is 4.90 Å². The molecule has 8 nitrogen and oxygen atoms in total. The number of carboxylic acid groups (broad SMARTS) is 1. The summed E-state index contributed by atoms with van der Waals surface area (Å²) in [5.74, 6) is -3.40. The zero-order chi connectivity index (χ0) is 24.1. The molecule has 1 aliphatic rings. The number of phenols is 1. The van der Waals surface area contributed by atoms with Crippen LogP contribution in [0, 0.1) is 5.92 Å². The van der Waals surface area contributed by atoms with Gasteiger partial charge in [0.25, 0.3) is 5.91 Å². The van der Waals surface area contributed by atoms with Crippen LogP contribution in [0.4, 0.5) is 13.2 Å². The Hall–Kier alpha value is -1.50. The van der Waals surface area contributed by atoms with E-state index in [0.29, 0.717) is 31.5 Å². The maximum atomic E-state index is 11.9. The highest BCUT2D eigenvalue weighted by Gasteiger charge is 2.38. The van der Waals surface area contributed by atoms with Gasteiger partial charge in [0.2, 0.25) is 0 Å². The van der Waals surface area contributed by atoms with Crippen molar-refractivity contribution in [3.8, 4) is 5.75 Å². The number of aromatic hydroxyl groups is 1. The van der Waals surface area contributed by atoms with Crippen molar-refractivity contribution < 1.29 is 43.2 Å². The Kier molecular flexibility index (Phi) is 10.1. The maximum Gasteiger partial charge on any atom is 0.490 e. The summed E-state index contributed by atoms with van der Waals surface area (Å²) in [6, 6.07) is 0.744. The van der Waals surface area contributed by atoms with Gasteiger partial charge in [0.1, 0.15) is 5.75 Å². The molecule has 0 spiro atoms. The summed E-state index contributed by atoms with van der Waals surface area (Å²) in [7, 11) is 0. The predicted molar refractivity (Wildman–Crippen MR) is 106 cm³/mol. The molecule has 1 aromatic carbocycles. The molecule has 0 bridgehead atoms. The molecule has 1 aromatic rings. The standard InChI is InChI=1S/C15H19Cl3N2O4.C2HF3O2/c16-8-5-9(22)11(13(18)12(8)17)14(19)7-1-3-20(4-2-7)15(24)10(23)6-21;3-2(4,5)1(6)7/h5,7,10,14,21-23H,1-4,6,19H2;(H,6,7). The lowest BCUT2D eigenvalue weighted by Gasteiger charge is -2.36. The highest BCUT2D eigenvalue weighted by Crippen LogP contribution is 2.44. The third kappa shape index (κ3) is 7.26. The molecule has 31 heavy (non-hydrogen) atoms. The second kappa shape index (κ2) is 11.4. The van der Waals surface area contributed by atoms with E-state index in [2.05, 4.69) is 0 Å². The number of alkyl halides is 3. The molecule has 176 valence electrons. The summed E-state index contributed by atoms with van der Waals surface area (Å²) in [4.78, 5) is 22.2. The van der Waals surface area contributed by atoms with Crippen LogP contribution in [0.1, 0.15) is 24.4 Å². The van der Waals surface area contributed by atoms with Gasteiger partial charge < -0.3 is 31.1 Å². The Labute approximate surface area is 189 Å². The number of carbonyl (C=O) groups excluding carboxylic acids is 1. The molecule has 2 atom stereocenters. The Morgan fingerprint density at radius 3 is 2.10 bits per heavy atom. The third-order valence-electron chi connectivity index (χ3n) is 4.57. The van der Waals surface area contributed by atoms with E-state index in [1.54, 1.807) is 0 Å². The SMILES string of the molecule is NC(c1c(O)cc(Cl)c(Cl)c1Cl)C1CCN(C(=O)C(O)CO)CC1.O=C(O)C(F)(F)F. The lowest BCUT2D eigenvalue weighted by molar-refractivity contribution is -0.192. The summed E-state index contributed by atoms with van der Waals surface area (Å²) < 4.78 is 31.7. The van der Waals surface area contributed by atoms with Crippen LogP contribution in [0.5, 0.6) is 5.75 Å². The van der Waals surface area contributed by atoms with Crippen LogP contribution in [0.25, 0.3) is 0 Å². The normalized spacial score (nSPS) is 16.9. The third-order valence-corrected chi connectivity index (χ3v) is 5.85. The average molecular weight is 512 g/mol. The molecule has 0 radical (unpaired) electrons. The number of hydrogen-bond donors (Lipinski definition) is 5. The van der Waals surface area contributed by atoms with Crippen molar-refractivity contribution in [1.29, 1.82) is 0 Å². The number of phenolic OH excluding ortho intramolecular Hbond substituents is 1. The van der Waals surface area contributed by atoms with Gasteiger partial charge in [0.15, 0.2) is 6.10 Å². The van der Waals surface area contributed by atoms with Gasteiger partial charge in [-0.2, -0.15) is 13.2 Å². The number of nitrogens with two attached hydrogens (primary N) is 1. The number of rotatable bonds is 4. The quantitative estimate of drug-likeness (QED) is 0.391. The number of aliphatic hydroxyl groups excluding tert-OH is 2. The fraction of sp³-hybridized carbons (Fsp3) is 0.529. The molecular weight excluding hydrogens is 492 g/mol. The van der Waals surface area contributed by atoms with Gasteiger partial charge in [-0.15, -0.1) is 0 Å². The van der Waals surface area contributed by atoms with Gasteiger partial charge in [-0.05, 0) is 18.8 Å². The fourth-order valence-electron chi connectivity index (χ4n) is 2.92. The molecule has 1 fully saturated rings. The number of amides is 1. The first-order chi connectivity index (χ1) is 14.2. The minimum absolute atomic E-state index is 0.0269. The van der Waals surface area contributed by atoms with Gasteiger partial charge in [-0.3, -0.25) is 4.79 Å². The number of nitrogens with zero attached hydrogens (tertiary/aromatic N) is 1. The number of carboxylic acids is 1. The fourth-order valence-corrected chi connectivity index (χ4v) is 3.64. The van der Waals surface area contributed by atoms with E-state index in [1.807, 2.05) is 0 Å². The van der Waals surface area contributed by atoms with Crippen LogP contribution in [0.3, 0.4) is 0 Å². The first kappa shape index (κ1) is 27.5. The number of hydrogen-bond acceptors (Lipinski definition) is 6. The van der Waals surface area contributed by atoms with Crippen molar-refractivity contribution in [2.24, 2.45) is 11.7 Å². The van der Waals surface area contributed by atoms with Gasteiger partial charge in [-0.1, -0.05) is 34.8 Å². The molecule has 6 N–H and O–H groups in total. The molecule has 1 amide bonds. The summed E-state index contributed by atoms with van der Waals surface area (Å²) in [6.07, 6.45) is -5.34. The Balaban J connectivity index is 0.000000592. The molecular formula is C17H20Cl3F3N2O6. The molecule has 0 saturated carbocycles. The lowest BCUT2D eigenvalue weighted by Crippen LogP contribution is -2.46. The van der Waals surface area contributed by atoms with Crippen LogP contribution in [0.15, 0.2) is 6.07 Å². The summed E-state index contributed by atoms with van der Waals surface area (Å²) in [5, 5.41) is 35.9. The van der Waals surface area contributed by atoms with E-state index in [9.17, 15) is 28.2 Å². The molecule has 0 aliphatic carbocycles. The van der Waals surface area contributed by atoms with Crippen molar-refractivity contribution in [3.63, 3.8) is 0 Å². The molecule has 2 rings (SSSR count). The first-order valence-corrected chi connectivity index (χ1v) is 9.85. The van der Waals surface area contributed by atoms with E-state index in [0.717, 1.165) is 0 Å². The second-order valence-corrected chi connectivity index (χ2v) is 7.77. The molecule has 1 heterocycles. The summed E-state index contributed by atoms with van der Waals surface area (Å²) in [6.45, 7) is 0.187. The number of piperidine rings is 1. The van der Waals surface area contributed by atoms with Gasteiger partial charge in [0, 0.05) is 30.8 Å². The second-order valence-electron chi connectivity index (χ2n) is 6.61. The zero-order valence-electron chi connectivity index (χ0n) is 15.7. The van der Waals surface area contributed by atoms with E-state index < -0.39 is 36.8 Å². The lowest BCUT2D eigenvalue weighted by atomic mass is 9.85. The topological polar surface area (TPSA) is 144 Å². The molecule has 1 saturated heterocycles. The Bertz CT molecular complexity index is 804. The summed E-state index contributed by atoms with van der Waals surface area (Å²) >= 11 is 18.1. The maximum absolute atomic E-state index is 11.9. The van der Waals surface area contributed by atoms with Crippen molar-refractivity contribution >= 4 is 46.7 Å². The van der Waals surface area contributed by atoms with E-state index in [4.69, 9.17) is 55.5 Å². The molecule has 0 aromatic heterocycles. The van der Waals surface area contributed by atoms with E-state index in [1.165, 1.54) is 11.0 Å². The minimum Gasteiger partial charge on any atom is -0.507 e. The van der Waals surface area contributed by atoms with Crippen LogP contribution in [-0.2, 0) is 9.59 Å².